The molecule has 2 heterocycles. The SMILES string of the molecule is O=C1C(=Cc2cc3c(s2)-c2sc(N=C4C(=O)C5CCCCC5C4=O)cc2C3(C(=O)OCc2ccccc2)C(=O)OCc2ccccc2)C(=O)c2ccccc21. The number of carbonyl (C=O) groups is 6. The third kappa shape index (κ3) is 5.68. The molecule has 0 radical (unpaired) electrons. The van der Waals surface area contributed by atoms with Gasteiger partial charge in [-0.15, -0.1) is 22.7 Å². The molecule has 55 heavy (non-hydrogen) atoms. The van der Waals surface area contributed by atoms with Gasteiger partial charge in [0, 0.05) is 39.0 Å². The Balaban J connectivity index is 1.19. The second-order valence-corrected chi connectivity index (χ2v) is 16.2. The molecule has 2 aromatic heterocycles. The van der Waals surface area contributed by atoms with E-state index in [4.69, 9.17) is 9.47 Å². The lowest BCUT2D eigenvalue weighted by Gasteiger charge is -2.26. The Bertz CT molecular complexity index is 2410. The number of hydrogen-bond acceptors (Lipinski definition) is 11. The largest absolute Gasteiger partial charge is 0.459 e. The van der Waals surface area contributed by atoms with E-state index in [1.807, 2.05) is 36.4 Å². The molecule has 11 heteroatoms. The van der Waals surface area contributed by atoms with Gasteiger partial charge in [0.05, 0.1) is 15.3 Å². The van der Waals surface area contributed by atoms with Gasteiger partial charge in [-0.25, -0.2) is 4.99 Å². The minimum absolute atomic E-state index is 0.0248. The van der Waals surface area contributed by atoms with Crippen molar-refractivity contribution in [1.29, 1.82) is 0 Å². The molecule has 2 atom stereocenters. The number of ether oxygens (including phenoxy) is 2. The van der Waals surface area contributed by atoms with Gasteiger partial charge >= 0.3 is 11.9 Å². The maximum Gasteiger partial charge on any atom is 0.333 e. The van der Waals surface area contributed by atoms with Gasteiger partial charge in [0.15, 0.2) is 28.8 Å². The number of fused-ring (bicyclic) bond motifs is 5. The monoisotopic (exact) mass is 765 g/mol. The van der Waals surface area contributed by atoms with E-state index in [0.29, 0.717) is 49.7 Å². The predicted molar refractivity (Wildman–Crippen MR) is 207 cm³/mol. The van der Waals surface area contributed by atoms with Crippen LogP contribution in [0, 0.1) is 11.8 Å². The van der Waals surface area contributed by atoms with Crippen molar-refractivity contribution in [3.63, 3.8) is 0 Å². The lowest BCUT2D eigenvalue weighted by Crippen LogP contribution is -2.45. The van der Waals surface area contributed by atoms with Crippen LogP contribution in [0.4, 0.5) is 5.00 Å². The lowest BCUT2D eigenvalue weighted by atomic mass is 9.79. The zero-order chi connectivity index (χ0) is 37.8. The van der Waals surface area contributed by atoms with E-state index in [0.717, 1.165) is 24.2 Å². The summed E-state index contributed by atoms with van der Waals surface area (Å²) in [5.41, 5.74) is 0.317. The molecule has 0 saturated heterocycles. The van der Waals surface area contributed by atoms with Gasteiger partial charge in [-0.2, -0.15) is 0 Å². The molecule has 0 spiro atoms. The topological polar surface area (TPSA) is 133 Å². The van der Waals surface area contributed by atoms with E-state index >= 15 is 0 Å². The zero-order valence-electron chi connectivity index (χ0n) is 29.2. The second kappa shape index (κ2) is 13.7. The van der Waals surface area contributed by atoms with Crippen molar-refractivity contribution < 1.29 is 38.2 Å². The minimum Gasteiger partial charge on any atom is -0.459 e. The first-order valence-corrected chi connectivity index (χ1v) is 19.7. The van der Waals surface area contributed by atoms with Crippen LogP contribution in [0.2, 0.25) is 0 Å². The summed E-state index contributed by atoms with van der Waals surface area (Å²) in [7, 11) is 0. The summed E-state index contributed by atoms with van der Waals surface area (Å²) in [6, 6.07) is 28.0. The average Bonchev–Trinajstić information content (AvgIpc) is 3.99. The zero-order valence-corrected chi connectivity index (χ0v) is 30.9. The second-order valence-electron chi connectivity index (χ2n) is 14.0. The molecular formula is C44H31NO8S2. The third-order valence-corrected chi connectivity index (χ3v) is 13.1. The van der Waals surface area contributed by atoms with Gasteiger partial charge in [-0.05, 0) is 42.2 Å². The number of esters is 2. The number of nitrogens with zero attached hydrogens (tertiary/aromatic N) is 1. The van der Waals surface area contributed by atoms with Crippen LogP contribution in [-0.4, -0.2) is 40.8 Å². The third-order valence-electron chi connectivity index (χ3n) is 10.8. The molecule has 0 bridgehead atoms. The van der Waals surface area contributed by atoms with Crippen LogP contribution in [0.1, 0.15) is 73.5 Å². The number of rotatable bonds is 8. The van der Waals surface area contributed by atoms with Crippen LogP contribution >= 0.6 is 22.7 Å². The molecule has 9 nitrogen and oxygen atoms in total. The number of aliphatic imine (C=N–C) groups is 1. The van der Waals surface area contributed by atoms with E-state index in [9.17, 15) is 28.8 Å². The fraction of sp³-hybridized carbons (Fsp3) is 0.205. The van der Waals surface area contributed by atoms with Gasteiger partial charge in [0.2, 0.25) is 5.41 Å². The van der Waals surface area contributed by atoms with Gasteiger partial charge in [0.25, 0.3) is 0 Å². The highest BCUT2D eigenvalue weighted by molar-refractivity contribution is 7.25. The van der Waals surface area contributed by atoms with Crippen molar-refractivity contribution in [1.82, 2.24) is 0 Å². The quantitative estimate of drug-likeness (QED) is 0.0671. The summed E-state index contributed by atoms with van der Waals surface area (Å²) in [6.45, 7) is -0.267. The number of carbonyl (C=O) groups excluding carboxylic acids is 6. The molecule has 0 aliphatic heterocycles. The molecule has 4 aliphatic carbocycles. The first-order chi connectivity index (χ1) is 26.8. The number of allylic oxidation sites excluding steroid dienone is 1. The maximum atomic E-state index is 14.8. The molecular weight excluding hydrogens is 735 g/mol. The number of Topliss-reactive ketones (excluding diaryl/α,β-unsaturated/α-hetero) is 4. The van der Waals surface area contributed by atoms with E-state index in [1.165, 1.54) is 17.4 Å². The molecule has 0 amide bonds. The standard InChI is InChI=1S/C44H31NO8S2/c46-36-27-15-7-8-16-28(27)37(47)31(36)19-26-20-32-40(54-26)41-33(21-34(55-41)45-35-38(48)29-17-9-10-18-30(29)39(35)49)44(32,42(50)52-22-24-11-3-1-4-12-24)43(51)53-23-25-13-5-2-6-14-25/h1-8,11-16,19-21,29-30H,9-10,17-18,22-23H2. The normalized spacial score (nSPS) is 19.1. The Kier molecular flexibility index (Phi) is 8.70. The number of ketones is 4. The van der Waals surface area contributed by atoms with Crippen LogP contribution in [-0.2, 0) is 47.3 Å². The van der Waals surface area contributed by atoms with Crippen LogP contribution in [0.15, 0.2) is 108 Å². The number of benzene rings is 3. The van der Waals surface area contributed by atoms with Crippen LogP contribution in [0.5, 0.6) is 0 Å². The molecule has 272 valence electrons. The van der Waals surface area contributed by atoms with Crippen LogP contribution < -0.4 is 0 Å². The van der Waals surface area contributed by atoms with Crippen molar-refractivity contribution in [2.24, 2.45) is 16.8 Å². The summed E-state index contributed by atoms with van der Waals surface area (Å²) in [5.74, 6) is -3.88. The number of hydrogen-bond donors (Lipinski definition) is 0. The lowest BCUT2D eigenvalue weighted by molar-refractivity contribution is -0.164. The van der Waals surface area contributed by atoms with Gasteiger partial charge in [0.1, 0.15) is 18.2 Å². The van der Waals surface area contributed by atoms with E-state index in [-0.39, 0.29) is 64.0 Å². The van der Waals surface area contributed by atoms with Crippen molar-refractivity contribution in [3.8, 4) is 9.75 Å². The van der Waals surface area contributed by atoms with Gasteiger partial charge in [-0.3, -0.25) is 28.8 Å². The Morgan fingerprint density at radius 3 is 1.71 bits per heavy atom. The Morgan fingerprint density at radius 2 is 1.16 bits per heavy atom. The molecule has 2 saturated carbocycles. The fourth-order valence-electron chi connectivity index (χ4n) is 8.14. The summed E-state index contributed by atoms with van der Waals surface area (Å²) in [5, 5.41) is 0.284. The first-order valence-electron chi connectivity index (χ1n) is 18.0. The van der Waals surface area contributed by atoms with Crippen LogP contribution in [0.25, 0.3) is 15.8 Å². The van der Waals surface area contributed by atoms with E-state index in [1.54, 1.807) is 60.7 Å². The minimum atomic E-state index is -2.14. The Labute approximate surface area is 323 Å². The van der Waals surface area contributed by atoms with Crippen molar-refractivity contribution in [3.05, 3.63) is 141 Å². The van der Waals surface area contributed by atoms with E-state index in [2.05, 4.69) is 4.99 Å². The average molecular weight is 766 g/mol. The van der Waals surface area contributed by atoms with Crippen molar-refractivity contribution >= 4 is 74.5 Å². The highest BCUT2D eigenvalue weighted by Gasteiger charge is 2.60. The molecule has 0 N–H and O–H groups in total. The summed E-state index contributed by atoms with van der Waals surface area (Å²) in [4.78, 5) is 89.4. The molecule has 5 aromatic rings. The van der Waals surface area contributed by atoms with Crippen molar-refractivity contribution in [2.75, 3.05) is 0 Å². The van der Waals surface area contributed by atoms with Gasteiger partial charge in [-0.1, -0.05) is 97.8 Å². The summed E-state index contributed by atoms with van der Waals surface area (Å²) < 4.78 is 11.9. The fourth-order valence-corrected chi connectivity index (χ4v) is 10.5. The van der Waals surface area contributed by atoms with Crippen LogP contribution in [0.3, 0.4) is 0 Å². The maximum absolute atomic E-state index is 14.8. The predicted octanol–water partition coefficient (Wildman–Crippen LogP) is 8.06. The highest BCUT2D eigenvalue weighted by atomic mass is 32.1. The summed E-state index contributed by atoms with van der Waals surface area (Å²) >= 11 is 2.36. The Hall–Kier alpha value is -5.91. The molecule has 9 rings (SSSR count). The van der Waals surface area contributed by atoms with Crippen molar-refractivity contribution in [2.45, 2.75) is 44.3 Å². The van der Waals surface area contributed by atoms with Gasteiger partial charge < -0.3 is 9.47 Å². The molecule has 4 aliphatic rings. The number of thiophene rings is 2. The smallest absolute Gasteiger partial charge is 0.333 e. The summed E-state index contributed by atoms with van der Waals surface area (Å²) in [6.07, 6.45) is 4.54. The molecule has 2 fully saturated rings. The van der Waals surface area contributed by atoms with E-state index < -0.39 is 28.9 Å². The first kappa shape index (κ1) is 34.8. The molecule has 2 unspecified atom stereocenters. The Morgan fingerprint density at radius 1 is 0.673 bits per heavy atom. The molecule has 3 aromatic carbocycles. The highest BCUT2D eigenvalue weighted by Crippen LogP contribution is 2.59.